The van der Waals surface area contributed by atoms with Gasteiger partial charge in [0.25, 0.3) is 0 Å². The Labute approximate surface area is 204 Å². The summed E-state index contributed by atoms with van der Waals surface area (Å²) in [5.74, 6) is 1.12. The number of nitrogens with zero attached hydrogens (tertiary/aromatic N) is 6. The van der Waals surface area contributed by atoms with Crippen molar-refractivity contribution in [2.45, 2.75) is 43.7 Å². The van der Waals surface area contributed by atoms with Crippen molar-refractivity contribution < 1.29 is 14.0 Å². The lowest BCUT2D eigenvalue weighted by molar-refractivity contribution is -0.127. The Balaban J connectivity index is 0.999. The number of aromatic nitrogens is 3. The second-order valence-corrected chi connectivity index (χ2v) is 10.6. The molecule has 35 heavy (non-hydrogen) atoms. The van der Waals surface area contributed by atoms with Crippen LogP contribution in [0.15, 0.2) is 30.6 Å². The molecule has 2 saturated carbocycles. The average Bonchev–Trinajstić information content (AvgIpc) is 3.56. The van der Waals surface area contributed by atoms with E-state index in [-0.39, 0.29) is 23.2 Å². The summed E-state index contributed by atoms with van der Waals surface area (Å²) in [4.78, 5) is 36.1. The maximum Gasteiger partial charge on any atom is 0.320 e. The summed E-state index contributed by atoms with van der Waals surface area (Å²) in [6.07, 6.45) is 6.42. The van der Waals surface area contributed by atoms with Crippen LogP contribution in [0.1, 0.15) is 55.1 Å². The average molecular weight is 482 g/mol. The van der Waals surface area contributed by atoms with Crippen LogP contribution in [0.2, 0.25) is 0 Å². The molecule has 0 bridgehead atoms. The third-order valence-electron chi connectivity index (χ3n) is 8.13. The number of likely N-dealkylation sites (tertiary alicyclic amines) is 1. The van der Waals surface area contributed by atoms with Gasteiger partial charge in [-0.25, -0.2) is 18.9 Å². The number of hydrogen-bond donors (Lipinski definition) is 1. The van der Waals surface area contributed by atoms with E-state index in [4.69, 9.17) is 0 Å². The summed E-state index contributed by atoms with van der Waals surface area (Å²) in [5.41, 5.74) is 0.993. The van der Waals surface area contributed by atoms with E-state index in [0.717, 1.165) is 37.3 Å². The second-order valence-electron chi connectivity index (χ2n) is 10.6. The number of halogens is 1. The predicted molar refractivity (Wildman–Crippen MR) is 126 cm³/mol. The number of hydrogen-bond acceptors (Lipinski definition) is 5. The van der Waals surface area contributed by atoms with Crippen molar-refractivity contribution in [2.24, 2.45) is 5.41 Å². The molecule has 1 N–H and O–H groups in total. The highest BCUT2D eigenvalue weighted by atomic mass is 19.1. The zero-order valence-electron chi connectivity index (χ0n) is 20.1. The Bertz CT molecular complexity index is 1090. The lowest BCUT2D eigenvalue weighted by atomic mass is 9.61. The third kappa shape index (κ3) is 4.17. The van der Waals surface area contributed by atoms with E-state index in [1.807, 2.05) is 20.8 Å². The summed E-state index contributed by atoms with van der Waals surface area (Å²) in [5, 5.41) is 7.40. The van der Waals surface area contributed by atoms with Crippen molar-refractivity contribution in [1.82, 2.24) is 34.8 Å². The predicted octanol–water partition coefficient (Wildman–Crippen LogP) is 2.16. The fourth-order valence-electron chi connectivity index (χ4n) is 5.96. The standard InChI is InChI=1S/C25H32FN7O2/c1-27-23(34)21(17-4-6-19(26)7-5-17)30-8-10-31(11-9-30)24(35)32-14-25(15-32)12-20(13-25)33-16-28-22(29-33)18-2-3-18/h4-7,16,18,20-21H,2-3,8-15H2,1H3,(H,27,34)/t21-/m0/s1. The molecule has 9 nitrogen and oxygen atoms in total. The number of likely N-dealkylation sites (N-methyl/N-ethyl adjacent to an activating group) is 1. The molecule has 2 aromatic rings. The number of rotatable bonds is 5. The highest BCUT2D eigenvalue weighted by molar-refractivity contribution is 5.83. The van der Waals surface area contributed by atoms with E-state index < -0.39 is 6.04 Å². The van der Waals surface area contributed by atoms with Crippen molar-refractivity contribution >= 4 is 11.9 Å². The molecule has 4 fully saturated rings. The van der Waals surface area contributed by atoms with Gasteiger partial charge in [0.2, 0.25) is 5.91 Å². The third-order valence-corrected chi connectivity index (χ3v) is 8.13. The van der Waals surface area contributed by atoms with Crippen LogP contribution in [0.4, 0.5) is 9.18 Å². The number of carbonyl (C=O) groups excluding carboxylic acids is 2. The Morgan fingerprint density at radius 2 is 1.74 bits per heavy atom. The normalized spacial score (nSPS) is 23.0. The fourth-order valence-corrected chi connectivity index (χ4v) is 5.96. The second kappa shape index (κ2) is 8.58. The number of piperazine rings is 1. The van der Waals surface area contributed by atoms with Gasteiger partial charge in [-0.15, -0.1) is 0 Å². The first-order chi connectivity index (χ1) is 16.9. The monoisotopic (exact) mass is 481 g/mol. The van der Waals surface area contributed by atoms with E-state index in [9.17, 15) is 14.0 Å². The number of carbonyl (C=O) groups is 2. The lowest BCUT2D eigenvalue weighted by Crippen LogP contribution is -2.67. The first-order valence-electron chi connectivity index (χ1n) is 12.6. The van der Waals surface area contributed by atoms with Gasteiger partial charge in [0.1, 0.15) is 18.2 Å². The molecule has 186 valence electrons. The van der Waals surface area contributed by atoms with E-state index in [0.29, 0.717) is 38.1 Å². The van der Waals surface area contributed by atoms with Gasteiger partial charge in [-0.2, -0.15) is 5.10 Å². The van der Waals surface area contributed by atoms with Crippen molar-refractivity contribution in [3.63, 3.8) is 0 Å². The minimum Gasteiger partial charge on any atom is -0.358 e. The zero-order valence-corrected chi connectivity index (χ0v) is 20.1. The van der Waals surface area contributed by atoms with Crippen molar-refractivity contribution in [2.75, 3.05) is 46.3 Å². The molecule has 10 heteroatoms. The van der Waals surface area contributed by atoms with Gasteiger partial charge < -0.3 is 15.1 Å². The minimum absolute atomic E-state index is 0.0915. The first kappa shape index (κ1) is 22.5. The zero-order chi connectivity index (χ0) is 24.2. The van der Waals surface area contributed by atoms with Gasteiger partial charge in [0.05, 0.1) is 6.04 Å². The topological polar surface area (TPSA) is 86.6 Å². The molecule has 0 radical (unpaired) electrons. The van der Waals surface area contributed by atoms with Crippen LogP contribution in [0.3, 0.4) is 0 Å². The van der Waals surface area contributed by atoms with Crippen molar-refractivity contribution in [3.8, 4) is 0 Å². The van der Waals surface area contributed by atoms with Gasteiger partial charge in [-0.05, 0) is 43.4 Å². The quantitative estimate of drug-likeness (QED) is 0.707. The highest BCUT2D eigenvalue weighted by Gasteiger charge is 2.55. The lowest BCUT2D eigenvalue weighted by Gasteiger charge is -2.59. The van der Waals surface area contributed by atoms with Gasteiger partial charge in [-0.3, -0.25) is 9.69 Å². The van der Waals surface area contributed by atoms with E-state index in [1.165, 1.54) is 25.0 Å². The SMILES string of the molecule is CNC(=O)[C@H](c1ccc(F)cc1)N1CCN(C(=O)N2CC3(CC(n4cnc(C5CC5)n4)C3)C2)CC1. The molecule has 2 saturated heterocycles. The van der Waals surface area contributed by atoms with E-state index in [2.05, 4.69) is 20.3 Å². The number of benzene rings is 1. The Morgan fingerprint density at radius 3 is 2.37 bits per heavy atom. The summed E-state index contributed by atoms with van der Waals surface area (Å²) < 4.78 is 15.4. The molecule has 1 atom stereocenters. The molecular weight excluding hydrogens is 449 g/mol. The summed E-state index contributed by atoms with van der Waals surface area (Å²) in [7, 11) is 1.61. The van der Waals surface area contributed by atoms with Gasteiger partial charge >= 0.3 is 6.03 Å². The molecule has 0 unspecified atom stereocenters. The van der Waals surface area contributed by atoms with Crippen LogP contribution >= 0.6 is 0 Å². The Kier molecular flexibility index (Phi) is 5.51. The maximum absolute atomic E-state index is 13.4. The number of urea groups is 1. The largest absolute Gasteiger partial charge is 0.358 e. The van der Waals surface area contributed by atoms with E-state index >= 15 is 0 Å². The molecule has 1 aromatic carbocycles. The summed E-state index contributed by atoms with van der Waals surface area (Å²) >= 11 is 0. The summed E-state index contributed by atoms with van der Waals surface area (Å²) in [6.45, 7) is 3.95. The maximum atomic E-state index is 13.4. The van der Waals surface area contributed by atoms with Crippen molar-refractivity contribution in [1.29, 1.82) is 0 Å². The van der Waals surface area contributed by atoms with Crippen LogP contribution in [0.25, 0.3) is 0 Å². The molecule has 2 aliphatic carbocycles. The molecular formula is C25H32FN7O2. The molecule has 4 aliphatic rings. The smallest absolute Gasteiger partial charge is 0.320 e. The van der Waals surface area contributed by atoms with Crippen LogP contribution in [-0.4, -0.2) is 87.7 Å². The molecule has 2 aliphatic heterocycles. The number of nitrogens with one attached hydrogen (secondary N) is 1. The van der Waals surface area contributed by atoms with Crippen LogP contribution in [0.5, 0.6) is 0 Å². The van der Waals surface area contributed by atoms with Crippen molar-refractivity contribution in [3.05, 3.63) is 47.8 Å². The van der Waals surface area contributed by atoms with Gasteiger partial charge in [-0.1, -0.05) is 12.1 Å². The molecule has 1 aromatic heterocycles. The van der Waals surface area contributed by atoms with Gasteiger partial charge in [0.15, 0.2) is 5.82 Å². The fraction of sp³-hybridized carbons (Fsp3) is 0.600. The van der Waals surface area contributed by atoms with Crippen LogP contribution in [-0.2, 0) is 4.79 Å². The number of amides is 3. The summed E-state index contributed by atoms with van der Waals surface area (Å²) in [6, 6.07) is 6.08. The molecule has 6 rings (SSSR count). The Hall–Kier alpha value is -3.01. The van der Waals surface area contributed by atoms with Crippen LogP contribution in [0, 0.1) is 11.2 Å². The molecule has 3 heterocycles. The van der Waals surface area contributed by atoms with Gasteiger partial charge in [0, 0.05) is 57.6 Å². The van der Waals surface area contributed by atoms with E-state index in [1.54, 1.807) is 19.2 Å². The van der Waals surface area contributed by atoms with Crippen LogP contribution < -0.4 is 5.32 Å². The minimum atomic E-state index is -0.491. The molecule has 3 amide bonds. The first-order valence-corrected chi connectivity index (χ1v) is 12.6. The Morgan fingerprint density at radius 1 is 1.06 bits per heavy atom. The highest BCUT2D eigenvalue weighted by Crippen LogP contribution is 2.54. The molecule has 1 spiro atoms.